The summed E-state index contributed by atoms with van der Waals surface area (Å²) in [5.41, 5.74) is 6.54. The van der Waals surface area contributed by atoms with Crippen LogP contribution in [-0.2, 0) is 16.4 Å². The molecule has 0 radical (unpaired) electrons. The molecule has 0 aromatic heterocycles. The van der Waals surface area contributed by atoms with Crippen LogP contribution >= 0.6 is 0 Å². The summed E-state index contributed by atoms with van der Waals surface area (Å²) in [6.45, 7) is 4.31. The second-order valence-corrected chi connectivity index (χ2v) is 7.14. The van der Waals surface area contributed by atoms with Crippen LogP contribution in [-0.4, -0.2) is 26.0 Å². The van der Waals surface area contributed by atoms with Gasteiger partial charge in [0.05, 0.1) is 17.6 Å². The maximum atomic E-state index is 11.6. The van der Waals surface area contributed by atoms with Gasteiger partial charge in [0, 0.05) is 6.54 Å². The highest BCUT2D eigenvalue weighted by atomic mass is 32.2. The van der Waals surface area contributed by atoms with E-state index in [1.54, 1.807) is 13.8 Å². The van der Waals surface area contributed by atoms with Gasteiger partial charge in [-0.2, -0.15) is 0 Å². The van der Waals surface area contributed by atoms with Gasteiger partial charge < -0.3 is 10.5 Å². The van der Waals surface area contributed by atoms with Crippen LogP contribution in [0.3, 0.4) is 0 Å². The molecule has 0 heterocycles. The average molecular weight is 271 g/mol. The monoisotopic (exact) mass is 271 g/mol. The lowest BCUT2D eigenvalue weighted by Gasteiger charge is -2.09. The zero-order valence-corrected chi connectivity index (χ0v) is 11.7. The van der Waals surface area contributed by atoms with Crippen molar-refractivity contribution in [2.24, 2.45) is 5.73 Å². The lowest BCUT2D eigenvalue weighted by Crippen LogP contribution is -2.19. The second-order valence-electron chi connectivity index (χ2n) is 4.47. The van der Waals surface area contributed by atoms with E-state index in [-0.39, 0.29) is 11.0 Å². The summed E-state index contributed by atoms with van der Waals surface area (Å²) in [6.07, 6.45) is 0.513. The van der Waals surface area contributed by atoms with Crippen molar-refractivity contribution in [3.63, 3.8) is 0 Å². The van der Waals surface area contributed by atoms with Crippen molar-refractivity contribution in [3.05, 3.63) is 29.8 Å². The summed E-state index contributed by atoms with van der Waals surface area (Å²) < 4.78 is 28.6. The Labute approximate surface area is 109 Å². The zero-order valence-electron chi connectivity index (χ0n) is 10.9. The van der Waals surface area contributed by atoms with E-state index in [0.717, 1.165) is 11.3 Å². The highest BCUT2D eigenvalue weighted by Crippen LogP contribution is 2.12. The van der Waals surface area contributed by atoms with Crippen molar-refractivity contribution >= 4 is 9.84 Å². The van der Waals surface area contributed by atoms with Crippen molar-refractivity contribution in [3.8, 4) is 5.75 Å². The Morgan fingerprint density at radius 2 is 1.83 bits per heavy atom. The molecule has 0 aliphatic carbocycles. The van der Waals surface area contributed by atoms with E-state index in [1.165, 1.54) is 0 Å². The molecule has 0 aliphatic heterocycles. The fourth-order valence-corrected chi connectivity index (χ4v) is 2.40. The van der Waals surface area contributed by atoms with Gasteiger partial charge >= 0.3 is 0 Å². The molecule has 5 heteroatoms. The minimum atomic E-state index is -2.96. The molecule has 0 bridgehead atoms. The number of hydrogen-bond acceptors (Lipinski definition) is 4. The third-order valence-corrected chi connectivity index (χ3v) is 5.01. The van der Waals surface area contributed by atoms with Crippen LogP contribution in [0.1, 0.15) is 25.8 Å². The normalized spacial score (nSPS) is 11.8. The zero-order chi connectivity index (χ0) is 13.6. The molecule has 4 nitrogen and oxygen atoms in total. The van der Waals surface area contributed by atoms with Crippen molar-refractivity contribution < 1.29 is 13.2 Å². The molecular formula is C13H21NO3S. The SMILES string of the molecule is CC(C)S(=O)(=O)CCCOc1ccc(CN)cc1. The topological polar surface area (TPSA) is 69.4 Å². The molecule has 1 aromatic rings. The van der Waals surface area contributed by atoms with E-state index < -0.39 is 9.84 Å². The van der Waals surface area contributed by atoms with E-state index in [1.807, 2.05) is 24.3 Å². The van der Waals surface area contributed by atoms with Crippen LogP contribution in [0.15, 0.2) is 24.3 Å². The van der Waals surface area contributed by atoms with Gasteiger partial charge in [0.15, 0.2) is 9.84 Å². The number of sulfone groups is 1. The molecule has 0 saturated heterocycles. The van der Waals surface area contributed by atoms with Crippen molar-refractivity contribution in [2.45, 2.75) is 32.1 Å². The van der Waals surface area contributed by atoms with Crippen molar-refractivity contribution in [2.75, 3.05) is 12.4 Å². The summed E-state index contributed by atoms with van der Waals surface area (Å²) in [7, 11) is -2.96. The lowest BCUT2D eigenvalue weighted by molar-refractivity contribution is 0.317. The maximum Gasteiger partial charge on any atom is 0.152 e. The molecule has 0 fully saturated rings. The molecule has 0 saturated carbocycles. The van der Waals surface area contributed by atoms with Crippen LogP contribution in [0.5, 0.6) is 5.75 Å². The van der Waals surface area contributed by atoms with Crippen LogP contribution in [0.25, 0.3) is 0 Å². The molecule has 18 heavy (non-hydrogen) atoms. The first-order valence-corrected chi connectivity index (χ1v) is 7.80. The van der Waals surface area contributed by atoms with Gasteiger partial charge in [0.25, 0.3) is 0 Å². The Morgan fingerprint density at radius 1 is 1.22 bits per heavy atom. The Hall–Kier alpha value is -1.07. The molecule has 0 spiro atoms. The molecule has 1 rings (SSSR count). The van der Waals surface area contributed by atoms with Gasteiger partial charge in [-0.3, -0.25) is 0 Å². The van der Waals surface area contributed by atoms with Gasteiger partial charge in [-0.05, 0) is 38.0 Å². The minimum absolute atomic E-state index is 0.172. The molecule has 102 valence electrons. The van der Waals surface area contributed by atoms with E-state index in [4.69, 9.17) is 10.5 Å². The van der Waals surface area contributed by atoms with Gasteiger partial charge in [-0.15, -0.1) is 0 Å². The smallest absolute Gasteiger partial charge is 0.152 e. The average Bonchev–Trinajstić information content (AvgIpc) is 2.35. The molecule has 2 N–H and O–H groups in total. The Balaban J connectivity index is 2.34. The summed E-state index contributed by atoms with van der Waals surface area (Å²) in [6, 6.07) is 7.50. The van der Waals surface area contributed by atoms with Crippen molar-refractivity contribution in [1.29, 1.82) is 0 Å². The molecule has 0 aliphatic rings. The third kappa shape index (κ3) is 4.66. The molecule has 0 unspecified atom stereocenters. The van der Waals surface area contributed by atoms with E-state index in [2.05, 4.69) is 0 Å². The van der Waals surface area contributed by atoms with E-state index in [9.17, 15) is 8.42 Å². The molecular weight excluding hydrogens is 250 g/mol. The molecule has 0 amide bonds. The summed E-state index contributed by atoms with van der Waals surface area (Å²) in [4.78, 5) is 0. The fraction of sp³-hybridized carbons (Fsp3) is 0.538. The number of rotatable bonds is 7. The van der Waals surface area contributed by atoms with Crippen LogP contribution in [0.4, 0.5) is 0 Å². The first-order valence-electron chi connectivity index (χ1n) is 6.09. The number of benzene rings is 1. The van der Waals surface area contributed by atoms with Crippen LogP contribution < -0.4 is 10.5 Å². The van der Waals surface area contributed by atoms with Gasteiger partial charge in [-0.25, -0.2) is 8.42 Å². The number of ether oxygens (including phenoxy) is 1. The maximum absolute atomic E-state index is 11.6. The summed E-state index contributed by atoms with van der Waals surface area (Å²) >= 11 is 0. The van der Waals surface area contributed by atoms with Crippen LogP contribution in [0, 0.1) is 0 Å². The first kappa shape index (κ1) is 15.0. The highest BCUT2D eigenvalue weighted by Gasteiger charge is 2.15. The standard InChI is InChI=1S/C13H21NO3S/c1-11(2)18(15,16)9-3-8-17-13-6-4-12(10-14)5-7-13/h4-7,11H,3,8-10,14H2,1-2H3. The fourth-order valence-electron chi connectivity index (χ4n) is 1.41. The summed E-state index contributed by atoms with van der Waals surface area (Å²) in [5, 5.41) is -0.318. The Kier molecular flexibility index (Phi) is 5.62. The largest absolute Gasteiger partial charge is 0.494 e. The Bertz CT molecular complexity index is 452. The number of hydrogen-bond donors (Lipinski definition) is 1. The quantitative estimate of drug-likeness (QED) is 0.767. The van der Waals surface area contributed by atoms with Gasteiger partial charge in [0.1, 0.15) is 5.75 Å². The predicted molar refractivity (Wildman–Crippen MR) is 73.4 cm³/mol. The van der Waals surface area contributed by atoms with Crippen LogP contribution in [0.2, 0.25) is 0 Å². The predicted octanol–water partition coefficient (Wildman–Crippen LogP) is 1.74. The first-order chi connectivity index (χ1) is 8.45. The Morgan fingerprint density at radius 3 is 2.33 bits per heavy atom. The van der Waals surface area contributed by atoms with Crippen molar-refractivity contribution in [1.82, 2.24) is 0 Å². The highest BCUT2D eigenvalue weighted by molar-refractivity contribution is 7.91. The lowest BCUT2D eigenvalue weighted by atomic mass is 10.2. The van der Waals surface area contributed by atoms with E-state index >= 15 is 0 Å². The molecule has 1 aromatic carbocycles. The third-order valence-electron chi connectivity index (χ3n) is 2.72. The summed E-state index contributed by atoms with van der Waals surface area (Å²) in [5.74, 6) is 0.917. The number of nitrogens with two attached hydrogens (primary N) is 1. The molecule has 0 atom stereocenters. The minimum Gasteiger partial charge on any atom is -0.494 e. The van der Waals surface area contributed by atoms with Gasteiger partial charge in [0.2, 0.25) is 0 Å². The van der Waals surface area contributed by atoms with Gasteiger partial charge in [-0.1, -0.05) is 12.1 Å². The second kappa shape index (κ2) is 6.75. The van der Waals surface area contributed by atoms with E-state index in [0.29, 0.717) is 19.6 Å².